The van der Waals surface area contributed by atoms with Crippen LogP contribution in [0.1, 0.15) is 23.0 Å². The van der Waals surface area contributed by atoms with Crippen molar-refractivity contribution in [3.63, 3.8) is 0 Å². The third-order valence-corrected chi connectivity index (χ3v) is 3.64. The number of hydrogen-bond acceptors (Lipinski definition) is 6. The largest absolute Gasteiger partial charge is 0.493 e. The lowest BCUT2D eigenvalue weighted by Gasteiger charge is -2.13. The van der Waals surface area contributed by atoms with E-state index in [9.17, 15) is 9.59 Å². The van der Waals surface area contributed by atoms with Crippen molar-refractivity contribution in [3.8, 4) is 11.5 Å². The Bertz CT molecular complexity index is 687. The average Bonchev–Trinajstić information content (AvgIpc) is 3.05. The van der Waals surface area contributed by atoms with Crippen LogP contribution in [0.25, 0.3) is 0 Å². The van der Waals surface area contributed by atoms with Crippen LogP contribution in [0.5, 0.6) is 11.5 Å². The highest BCUT2D eigenvalue weighted by molar-refractivity contribution is 7.07. The lowest BCUT2D eigenvalue weighted by Crippen LogP contribution is -2.38. The van der Waals surface area contributed by atoms with Crippen LogP contribution in [0.3, 0.4) is 0 Å². The van der Waals surface area contributed by atoms with Crippen LogP contribution in [0.4, 0.5) is 0 Å². The van der Waals surface area contributed by atoms with E-state index in [-0.39, 0.29) is 5.56 Å². The molecular formula is C15H16N2O5S. The SMILES string of the molecule is COc1cc(C(=O)N[C@@H](C)C(=O)O)ccc1OCc1cscn1. The first-order valence-corrected chi connectivity index (χ1v) is 7.67. The number of nitrogens with zero attached hydrogens (tertiary/aromatic N) is 1. The molecular weight excluding hydrogens is 320 g/mol. The summed E-state index contributed by atoms with van der Waals surface area (Å²) in [7, 11) is 1.46. The van der Waals surface area contributed by atoms with Crippen molar-refractivity contribution in [3.05, 3.63) is 40.3 Å². The fraction of sp³-hybridized carbons (Fsp3) is 0.267. The lowest BCUT2D eigenvalue weighted by molar-refractivity contribution is -0.138. The second kappa shape index (κ2) is 7.59. The van der Waals surface area contributed by atoms with E-state index >= 15 is 0 Å². The van der Waals surface area contributed by atoms with E-state index < -0.39 is 17.9 Å². The summed E-state index contributed by atoms with van der Waals surface area (Å²) in [6.07, 6.45) is 0. The fourth-order valence-electron chi connectivity index (χ4n) is 1.73. The maximum absolute atomic E-state index is 12.0. The Kier molecular flexibility index (Phi) is 5.53. The van der Waals surface area contributed by atoms with Crippen LogP contribution in [-0.4, -0.2) is 35.1 Å². The third kappa shape index (κ3) is 4.43. The first-order chi connectivity index (χ1) is 11.0. The Hall–Kier alpha value is -2.61. The molecule has 0 saturated carbocycles. The molecule has 0 aliphatic rings. The molecule has 0 unspecified atom stereocenters. The highest BCUT2D eigenvalue weighted by Gasteiger charge is 2.17. The van der Waals surface area contributed by atoms with Crippen molar-refractivity contribution >= 4 is 23.2 Å². The number of hydrogen-bond donors (Lipinski definition) is 2. The van der Waals surface area contributed by atoms with Crippen LogP contribution in [0, 0.1) is 0 Å². The summed E-state index contributed by atoms with van der Waals surface area (Å²) in [4.78, 5) is 26.9. The van der Waals surface area contributed by atoms with Gasteiger partial charge in [0.2, 0.25) is 0 Å². The average molecular weight is 336 g/mol. The van der Waals surface area contributed by atoms with Crippen molar-refractivity contribution < 1.29 is 24.2 Å². The summed E-state index contributed by atoms with van der Waals surface area (Å²) >= 11 is 1.48. The molecule has 8 heteroatoms. The summed E-state index contributed by atoms with van der Waals surface area (Å²) < 4.78 is 10.8. The molecule has 0 spiro atoms. The second-order valence-corrected chi connectivity index (χ2v) is 5.39. The molecule has 1 atom stereocenters. The molecule has 1 amide bonds. The van der Waals surface area contributed by atoms with Crippen molar-refractivity contribution in [2.24, 2.45) is 0 Å². The molecule has 0 saturated heterocycles. The number of carbonyl (C=O) groups excluding carboxylic acids is 1. The minimum Gasteiger partial charge on any atom is -0.493 e. The summed E-state index contributed by atoms with van der Waals surface area (Å²) in [6.45, 7) is 1.68. The van der Waals surface area contributed by atoms with Crippen LogP contribution >= 0.6 is 11.3 Å². The van der Waals surface area contributed by atoms with Crippen LogP contribution < -0.4 is 14.8 Å². The highest BCUT2D eigenvalue weighted by atomic mass is 32.1. The van der Waals surface area contributed by atoms with Gasteiger partial charge in [0.15, 0.2) is 11.5 Å². The van der Waals surface area contributed by atoms with E-state index in [2.05, 4.69) is 10.3 Å². The maximum Gasteiger partial charge on any atom is 0.325 e. The maximum atomic E-state index is 12.0. The van der Waals surface area contributed by atoms with Crippen LogP contribution in [0.15, 0.2) is 29.1 Å². The molecule has 2 rings (SSSR count). The van der Waals surface area contributed by atoms with Gasteiger partial charge in [-0.2, -0.15) is 0 Å². The monoisotopic (exact) mass is 336 g/mol. The zero-order chi connectivity index (χ0) is 16.8. The molecule has 0 aliphatic carbocycles. The number of carbonyl (C=O) groups is 2. The number of benzene rings is 1. The number of aliphatic carboxylic acids is 1. The van der Waals surface area contributed by atoms with Gasteiger partial charge < -0.3 is 19.9 Å². The molecule has 122 valence electrons. The number of rotatable bonds is 7. The number of methoxy groups -OCH3 is 1. The van der Waals surface area contributed by atoms with E-state index in [4.69, 9.17) is 14.6 Å². The third-order valence-electron chi connectivity index (χ3n) is 3.00. The van der Waals surface area contributed by atoms with Gasteiger partial charge in [-0.25, -0.2) is 4.98 Å². The van der Waals surface area contributed by atoms with E-state index in [1.165, 1.54) is 31.4 Å². The number of thiazole rings is 1. The Labute approximate surface area is 136 Å². The Balaban J connectivity index is 2.09. The molecule has 7 nitrogen and oxygen atoms in total. The molecule has 23 heavy (non-hydrogen) atoms. The summed E-state index contributed by atoms with van der Waals surface area (Å²) in [6, 6.07) is 3.67. The minimum atomic E-state index is -1.10. The molecule has 2 N–H and O–H groups in total. The molecule has 0 fully saturated rings. The Morgan fingerprint density at radius 2 is 2.17 bits per heavy atom. The highest BCUT2D eigenvalue weighted by Crippen LogP contribution is 2.28. The van der Waals surface area contributed by atoms with E-state index in [1.807, 2.05) is 5.38 Å². The molecule has 1 heterocycles. The van der Waals surface area contributed by atoms with Crippen LogP contribution in [-0.2, 0) is 11.4 Å². The number of nitrogens with one attached hydrogen (secondary N) is 1. The van der Waals surface area contributed by atoms with Crippen molar-refractivity contribution in [1.29, 1.82) is 0 Å². The predicted molar refractivity (Wildman–Crippen MR) is 84.0 cm³/mol. The normalized spacial score (nSPS) is 11.6. The van der Waals surface area contributed by atoms with Gasteiger partial charge in [-0.3, -0.25) is 9.59 Å². The molecule has 2 aromatic rings. The number of carboxylic acids is 1. The molecule has 1 aromatic heterocycles. The smallest absolute Gasteiger partial charge is 0.325 e. The Morgan fingerprint density at radius 3 is 2.78 bits per heavy atom. The summed E-state index contributed by atoms with van der Waals surface area (Å²) in [5.41, 5.74) is 2.80. The quantitative estimate of drug-likeness (QED) is 0.802. The first kappa shape index (κ1) is 16.8. The standard InChI is InChI=1S/C15H16N2O5S/c1-9(15(19)20)17-14(18)10-3-4-12(13(5-10)21-2)22-6-11-7-23-8-16-11/h3-5,7-9H,6H2,1-2H3,(H,17,18)(H,19,20)/t9-/m0/s1. The van der Waals surface area contributed by atoms with E-state index in [1.54, 1.807) is 17.6 Å². The number of carboxylic acid groups (broad SMARTS) is 1. The van der Waals surface area contributed by atoms with Crippen molar-refractivity contribution in [2.45, 2.75) is 19.6 Å². The fourth-order valence-corrected chi connectivity index (χ4v) is 2.27. The van der Waals surface area contributed by atoms with Gasteiger partial charge in [-0.05, 0) is 25.1 Å². The topological polar surface area (TPSA) is 97.8 Å². The molecule has 1 aromatic carbocycles. The molecule has 0 aliphatic heterocycles. The number of aromatic nitrogens is 1. The summed E-state index contributed by atoms with van der Waals surface area (Å²) in [5, 5.41) is 13.1. The van der Waals surface area contributed by atoms with Crippen LogP contribution in [0.2, 0.25) is 0 Å². The van der Waals surface area contributed by atoms with Crippen molar-refractivity contribution in [2.75, 3.05) is 7.11 Å². The second-order valence-electron chi connectivity index (χ2n) is 4.67. The van der Waals surface area contributed by atoms with Crippen molar-refractivity contribution in [1.82, 2.24) is 10.3 Å². The molecule has 0 radical (unpaired) electrons. The van der Waals surface area contributed by atoms with Gasteiger partial charge in [0.05, 0.1) is 18.3 Å². The minimum absolute atomic E-state index is 0.288. The van der Waals surface area contributed by atoms with Gasteiger partial charge >= 0.3 is 5.97 Å². The number of amides is 1. The number of ether oxygens (including phenoxy) is 2. The zero-order valence-electron chi connectivity index (χ0n) is 12.6. The zero-order valence-corrected chi connectivity index (χ0v) is 13.4. The lowest BCUT2D eigenvalue weighted by atomic mass is 10.1. The van der Waals surface area contributed by atoms with Gasteiger partial charge in [0, 0.05) is 10.9 Å². The molecule has 0 bridgehead atoms. The van der Waals surface area contributed by atoms with E-state index in [0.717, 1.165) is 5.69 Å². The van der Waals surface area contributed by atoms with E-state index in [0.29, 0.717) is 18.1 Å². The van der Waals surface area contributed by atoms with Gasteiger partial charge in [-0.15, -0.1) is 11.3 Å². The van der Waals surface area contributed by atoms with Gasteiger partial charge in [-0.1, -0.05) is 0 Å². The summed E-state index contributed by atoms with van der Waals surface area (Å²) in [5.74, 6) is -0.739. The predicted octanol–water partition coefficient (Wildman–Crippen LogP) is 1.93. The first-order valence-electron chi connectivity index (χ1n) is 6.73. The Morgan fingerprint density at radius 1 is 1.39 bits per heavy atom. The van der Waals surface area contributed by atoms with Gasteiger partial charge in [0.25, 0.3) is 5.91 Å². The van der Waals surface area contributed by atoms with Gasteiger partial charge in [0.1, 0.15) is 12.6 Å².